The number of amides is 2. The fourth-order valence-electron chi connectivity index (χ4n) is 2.94. The second kappa shape index (κ2) is 9.62. The van der Waals surface area contributed by atoms with Crippen LogP contribution in [0.3, 0.4) is 0 Å². The van der Waals surface area contributed by atoms with E-state index in [1.165, 1.54) is 4.70 Å². The molecule has 1 N–H and O–H groups in total. The van der Waals surface area contributed by atoms with Gasteiger partial charge in [-0.2, -0.15) is 0 Å². The second-order valence-corrected chi connectivity index (χ2v) is 10.3. The monoisotopic (exact) mass is 441 g/mol. The minimum Gasteiger partial charge on any atom is -0.350 e. The van der Waals surface area contributed by atoms with Crippen LogP contribution in [-0.2, 0) is 10.5 Å². The molecule has 0 saturated carbocycles. The normalized spacial score (nSPS) is 11.5. The van der Waals surface area contributed by atoms with Crippen molar-refractivity contribution in [3.63, 3.8) is 0 Å². The number of benzene rings is 2. The first-order valence-electron chi connectivity index (χ1n) is 9.93. The number of para-hydroxylation sites is 1. The largest absolute Gasteiger partial charge is 0.350 e. The average Bonchev–Trinajstić information content (AvgIpc) is 3.12. The highest BCUT2D eigenvalue weighted by molar-refractivity contribution is 8.00. The van der Waals surface area contributed by atoms with Crippen molar-refractivity contribution in [1.29, 1.82) is 0 Å². The number of thioether (sulfide) groups is 1. The van der Waals surface area contributed by atoms with Crippen LogP contribution < -0.4 is 5.32 Å². The number of rotatable bonds is 7. The first-order valence-corrected chi connectivity index (χ1v) is 11.7. The summed E-state index contributed by atoms with van der Waals surface area (Å²) in [6.45, 7) is 8.19. The Morgan fingerprint density at radius 2 is 1.80 bits per heavy atom. The van der Waals surface area contributed by atoms with E-state index in [2.05, 4.69) is 16.4 Å². The van der Waals surface area contributed by atoms with E-state index in [1.807, 2.05) is 70.2 Å². The molecule has 0 aliphatic heterocycles. The lowest BCUT2D eigenvalue weighted by Gasteiger charge is -2.25. The van der Waals surface area contributed by atoms with Crippen molar-refractivity contribution in [3.8, 4) is 0 Å². The molecule has 158 valence electrons. The number of nitrogens with zero attached hydrogens (tertiary/aromatic N) is 2. The molecule has 30 heavy (non-hydrogen) atoms. The summed E-state index contributed by atoms with van der Waals surface area (Å²) >= 11 is 3.39. The van der Waals surface area contributed by atoms with Gasteiger partial charge in [0.25, 0.3) is 5.91 Å². The van der Waals surface area contributed by atoms with Gasteiger partial charge in [-0.3, -0.25) is 9.59 Å². The summed E-state index contributed by atoms with van der Waals surface area (Å²) in [7, 11) is 0. The van der Waals surface area contributed by atoms with E-state index in [0.29, 0.717) is 12.1 Å². The zero-order chi connectivity index (χ0) is 21.7. The van der Waals surface area contributed by atoms with Gasteiger partial charge in [-0.15, -0.1) is 11.3 Å². The number of aromatic nitrogens is 1. The quantitative estimate of drug-likeness (QED) is 0.526. The molecular weight excluding hydrogens is 414 g/mol. The van der Waals surface area contributed by atoms with Gasteiger partial charge >= 0.3 is 0 Å². The minimum absolute atomic E-state index is 0.0574. The molecule has 7 heteroatoms. The standard InChI is InChI=1S/C23H27N3O2S2/c1-5-26(14-20(27)25-23(2,3)4)21(28)17-12-10-16(11-13-17)15-29-22-24-18-8-6-7-9-19(18)30-22/h6-13H,5,14-15H2,1-4H3,(H,25,27). The molecule has 0 spiro atoms. The van der Waals surface area contributed by atoms with Gasteiger partial charge in [0.15, 0.2) is 4.34 Å². The molecule has 0 radical (unpaired) electrons. The van der Waals surface area contributed by atoms with Gasteiger partial charge in [0.1, 0.15) is 0 Å². The Morgan fingerprint density at radius 1 is 1.10 bits per heavy atom. The van der Waals surface area contributed by atoms with Gasteiger partial charge in [-0.25, -0.2) is 4.98 Å². The summed E-state index contributed by atoms with van der Waals surface area (Å²) in [5.74, 6) is 0.508. The van der Waals surface area contributed by atoms with Gasteiger partial charge in [-0.05, 0) is 57.5 Å². The number of carbonyl (C=O) groups excluding carboxylic acids is 2. The van der Waals surface area contributed by atoms with Crippen LogP contribution in [0.25, 0.3) is 10.2 Å². The fourth-order valence-corrected chi connectivity index (χ4v) is 4.97. The zero-order valence-electron chi connectivity index (χ0n) is 17.8. The highest BCUT2D eigenvalue weighted by atomic mass is 32.2. The summed E-state index contributed by atoms with van der Waals surface area (Å²) < 4.78 is 2.23. The lowest BCUT2D eigenvalue weighted by molar-refractivity contribution is -0.123. The number of carbonyl (C=O) groups is 2. The van der Waals surface area contributed by atoms with Gasteiger partial charge in [-0.1, -0.05) is 36.0 Å². The Kier molecular flexibility index (Phi) is 7.15. The van der Waals surface area contributed by atoms with E-state index >= 15 is 0 Å². The maximum atomic E-state index is 12.8. The molecule has 0 saturated heterocycles. The summed E-state index contributed by atoms with van der Waals surface area (Å²) in [4.78, 5) is 31.2. The van der Waals surface area contributed by atoms with E-state index in [9.17, 15) is 9.59 Å². The number of fused-ring (bicyclic) bond motifs is 1. The maximum Gasteiger partial charge on any atom is 0.254 e. The molecule has 3 aromatic rings. The van der Waals surface area contributed by atoms with Gasteiger partial charge in [0, 0.05) is 23.4 Å². The van der Waals surface area contributed by atoms with Crippen LogP contribution in [0.1, 0.15) is 43.6 Å². The third kappa shape index (κ3) is 6.06. The van der Waals surface area contributed by atoms with Crippen LogP contribution in [0, 0.1) is 0 Å². The second-order valence-electron chi connectivity index (χ2n) is 8.05. The van der Waals surface area contributed by atoms with E-state index in [-0.39, 0.29) is 23.9 Å². The highest BCUT2D eigenvalue weighted by Crippen LogP contribution is 2.31. The Morgan fingerprint density at radius 3 is 2.43 bits per heavy atom. The predicted molar refractivity (Wildman–Crippen MR) is 125 cm³/mol. The Bertz CT molecular complexity index is 990. The molecule has 3 rings (SSSR count). The number of hydrogen-bond donors (Lipinski definition) is 1. The van der Waals surface area contributed by atoms with Crippen LogP contribution in [0.2, 0.25) is 0 Å². The Hall–Kier alpha value is -2.38. The number of thiazole rings is 1. The summed E-state index contributed by atoms with van der Waals surface area (Å²) in [6.07, 6.45) is 0. The molecule has 0 fully saturated rings. The minimum atomic E-state index is -0.317. The molecule has 0 unspecified atom stereocenters. The fraction of sp³-hybridized carbons (Fsp3) is 0.348. The molecule has 5 nitrogen and oxygen atoms in total. The molecule has 1 aromatic heterocycles. The molecule has 2 aromatic carbocycles. The number of nitrogens with one attached hydrogen (secondary N) is 1. The molecule has 0 atom stereocenters. The van der Waals surface area contributed by atoms with Gasteiger partial charge in [0.05, 0.1) is 16.8 Å². The average molecular weight is 442 g/mol. The van der Waals surface area contributed by atoms with Crippen molar-refractivity contribution >= 4 is 45.1 Å². The van der Waals surface area contributed by atoms with Crippen LogP contribution in [-0.4, -0.2) is 40.3 Å². The van der Waals surface area contributed by atoms with Crippen molar-refractivity contribution in [2.75, 3.05) is 13.1 Å². The summed E-state index contributed by atoms with van der Waals surface area (Å²) in [6, 6.07) is 15.7. The van der Waals surface area contributed by atoms with Crippen LogP contribution >= 0.6 is 23.1 Å². The molecule has 0 aliphatic rings. The Labute approximate surface area is 185 Å². The summed E-state index contributed by atoms with van der Waals surface area (Å²) in [5, 5.41) is 2.90. The van der Waals surface area contributed by atoms with Crippen molar-refractivity contribution in [2.24, 2.45) is 0 Å². The predicted octanol–water partition coefficient (Wildman–Crippen LogP) is 4.97. The highest BCUT2D eigenvalue weighted by Gasteiger charge is 2.20. The third-order valence-corrected chi connectivity index (χ3v) is 6.61. The summed E-state index contributed by atoms with van der Waals surface area (Å²) in [5.41, 5.74) is 2.43. The SMILES string of the molecule is CCN(CC(=O)NC(C)(C)C)C(=O)c1ccc(CSc2nc3ccccc3s2)cc1. The number of hydrogen-bond acceptors (Lipinski definition) is 5. The van der Waals surface area contributed by atoms with E-state index in [4.69, 9.17) is 0 Å². The molecule has 0 bridgehead atoms. The van der Waals surface area contributed by atoms with E-state index in [1.54, 1.807) is 28.0 Å². The number of likely N-dealkylation sites (N-methyl/N-ethyl adjacent to an activating group) is 1. The van der Waals surface area contributed by atoms with E-state index < -0.39 is 0 Å². The van der Waals surface area contributed by atoms with Crippen molar-refractivity contribution < 1.29 is 9.59 Å². The smallest absolute Gasteiger partial charge is 0.254 e. The Balaban J connectivity index is 1.59. The first kappa shape index (κ1) is 22.3. The van der Waals surface area contributed by atoms with Crippen LogP contribution in [0.15, 0.2) is 52.9 Å². The maximum absolute atomic E-state index is 12.8. The zero-order valence-corrected chi connectivity index (χ0v) is 19.4. The lowest BCUT2D eigenvalue weighted by Crippen LogP contribution is -2.47. The lowest BCUT2D eigenvalue weighted by atomic mass is 10.1. The molecule has 2 amide bonds. The molecular formula is C23H27N3O2S2. The van der Waals surface area contributed by atoms with Gasteiger partial charge in [0.2, 0.25) is 5.91 Å². The topological polar surface area (TPSA) is 62.3 Å². The first-order chi connectivity index (χ1) is 14.2. The van der Waals surface area contributed by atoms with Crippen molar-refractivity contribution in [3.05, 3.63) is 59.7 Å². The van der Waals surface area contributed by atoms with E-state index in [0.717, 1.165) is 21.2 Å². The van der Waals surface area contributed by atoms with Gasteiger partial charge < -0.3 is 10.2 Å². The molecule has 0 aliphatic carbocycles. The van der Waals surface area contributed by atoms with Crippen LogP contribution in [0.5, 0.6) is 0 Å². The van der Waals surface area contributed by atoms with Crippen LogP contribution in [0.4, 0.5) is 0 Å². The third-order valence-electron chi connectivity index (χ3n) is 4.36. The van der Waals surface area contributed by atoms with Crippen molar-refractivity contribution in [1.82, 2.24) is 15.2 Å². The van der Waals surface area contributed by atoms with Crippen molar-refractivity contribution in [2.45, 2.75) is 43.3 Å². The molecule has 1 heterocycles.